The Bertz CT molecular complexity index is 395. The van der Waals surface area contributed by atoms with Gasteiger partial charge in [0.15, 0.2) is 0 Å². The predicted molar refractivity (Wildman–Crippen MR) is 70.1 cm³/mol. The molecule has 0 heterocycles. The third kappa shape index (κ3) is 6.52. The van der Waals surface area contributed by atoms with Crippen molar-refractivity contribution in [3.63, 3.8) is 0 Å². The van der Waals surface area contributed by atoms with Crippen LogP contribution in [-0.4, -0.2) is 35.8 Å². The zero-order valence-electron chi connectivity index (χ0n) is 10.6. The highest BCUT2D eigenvalue weighted by Gasteiger charge is 2.31. The molecule has 0 unspecified atom stereocenters. The summed E-state index contributed by atoms with van der Waals surface area (Å²) in [5.74, 6) is 0.0280. The summed E-state index contributed by atoms with van der Waals surface area (Å²) < 4.78 is 36.7. The third-order valence-corrected chi connectivity index (χ3v) is 3.45. The Morgan fingerprint density at radius 3 is 2.42 bits per heavy atom. The lowest BCUT2D eigenvalue weighted by Gasteiger charge is -2.22. The Kier molecular flexibility index (Phi) is 6.21. The summed E-state index contributed by atoms with van der Waals surface area (Å²) in [6, 6.07) is 9.46. The first kappa shape index (κ1) is 15.9. The molecule has 0 N–H and O–H groups in total. The first-order valence-corrected chi connectivity index (χ1v) is 6.93. The topological polar surface area (TPSA) is 20.3 Å². The van der Waals surface area contributed by atoms with E-state index in [1.165, 1.54) is 11.8 Å². The standard InChI is InChI=1S/C13H16F3NOS/c1-2-17(10-13(14,15)16)12(18)8-9-19-11-6-4-3-5-7-11/h3-7H,2,8-10H2,1H3. The molecule has 0 saturated carbocycles. The van der Waals surface area contributed by atoms with E-state index in [9.17, 15) is 18.0 Å². The van der Waals surface area contributed by atoms with Crippen LogP contribution in [0, 0.1) is 0 Å². The number of benzene rings is 1. The van der Waals surface area contributed by atoms with Crippen LogP contribution in [0.4, 0.5) is 13.2 Å². The second kappa shape index (κ2) is 7.43. The summed E-state index contributed by atoms with van der Waals surface area (Å²) in [7, 11) is 0. The minimum absolute atomic E-state index is 0.0777. The van der Waals surface area contributed by atoms with Crippen molar-refractivity contribution in [2.24, 2.45) is 0 Å². The van der Waals surface area contributed by atoms with E-state index in [-0.39, 0.29) is 13.0 Å². The maximum atomic E-state index is 12.2. The molecule has 0 aliphatic heterocycles. The quantitative estimate of drug-likeness (QED) is 0.747. The van der Waals surface area contributed by atoms with E-state index >= 15 is 0 Å². The number of halogens is 3. The van der Waals surface area contributed by atoms with Crippen LogP contribution in [0.15, 0.2) is 35.2 Å². The zero-order chi connectivity index (χ0) is 14.3. The first-order chi connectivity index (χ1) is 8.92. The molecule has 0 spiro atoms. The second-order valence-corrected chi connectivity index (χ2v) is 5.10. The molecular formula is C13H16F3NOS. The van der Waals surface area contributed by atoms with Crippen LogP contribution in [-0.2, 0) is 4.79 Å². The highest BCUT2D eigenvalue weighted by Crippen LogP contribution is 2.20. The summed E-state index contributed by atoms with van der Waals surface area (Å²) >= 11 is 1.47. The van der Waals surface area contributed by atoms with E-state index in [1.54, 1.807) is 6.92 Å². The van der Waals surface area contributed by atoms with E-state index < -0.39 is 18.6 Å². The summed E-state index contributed by atoms with van der Waals surface area (Å²) in [5, 5.41) is 0. The van der Waals surface area contributed by atoms with Gasteiger partial charge in [-0.2, -0.15) is 13.2 Å². The van der Waals surface area contributed by atoms with Crippen LogP contribution in [0.25, 0.3) is 0 Å². The summed E-state index contributed by atoms with van der Waals surface area (Å²) in [4.78, 5) is 13.5. The predicted octanol–water partition coefficient (Wildman–Crippen LogP) is 3.58. The molecule has 0 atom stereocenters. The summed E-state index contributed by atoms with van der Waals surface area (Å²) in [6.45, 7) is 0.459. The largest absolute Gasteiger partial charge is 0.406 e. The second-order valence-electron chi connectivity index (χ2n) is 3.93. The van der Waals surface area contributed by atoms with Gasteiger partial charge < -0.3 is 4.90 Å². The summed E-state index contributed by atoms with van der Waals surface area (Å²) in [5.41, 5.74) is 0. The molecule has 106 valence electrons. The lowest BCUT2D eigenvalue weighted by Crippen LogP contribution is -2.38. The van der Waals surface area contributed by atoms with Gasteiger partial charge in [-0.05, 0) is 19.1 Å². The number of amides is 1. The lowest BCUT2D eigenvalue weighted by molar-refractivity contribution is -0.160. The average molecular weight is 291 g/mol. The molecule has 0 bridgehead atoms. The fourth-order valence-electron chi connectivity index (χ4n) is 1.52. The van der Waals surface area contributed by atoms with Crippen molar-refractivity contribution in [2.45, 2.75) is 24.4 Å². The molecule has 19 heavy (non-hydrogen) atoms. The average Bonchev–Trinajstić information content (AvgIpc) is 2.36. The van der Waals surface area contributed by atoms with Gasteiger partial charge in [0.1, 0.15) is 6.54 Å². The minimum atomic E-state index is -4.34. The molecule has 0 saturated heterocycles. The van der Waals surface area contributed by atoms with Crippen molar-refractivity contribution in [1.82, 2.24) is 4.90 Å². The van der Waals surface area contributed by atoms with Gasteiger partial charge in [0.05, 0.1) is 0 Å². The van der Waals surface area contributed by atoms with Gasteiger partial charge in [0.2, 0.25) is 5.91 Å². The van der Waals surface area contributed by atoms with E-state index in [4.69, 9.17) is 0 Å². The molecule has 0 aromatic heterocycles. The Morgan fingerprint density at radius 1 is 1.26 bits per heavy atom. The van der Waals surface area contributed by atoms with Gasteiger partial charge in [-0.15, -0.1) is 11.8 Å². The third-order valence-electron chi connectivity index (χ3n) is 2.43. The molecule has 0 radical (unpaired) electrons. The summed E-state index contributed by atoms with van der Waals surface area (Å²) in [6.07, 6.45) is -4.22. The number of carbonyl (C=O) groups is 1. The molecule has 0 aliphatic carbocycles. The molecule has 6 heteroatoms. The van der Waals surface area contributed by atoms with Crippen LogP contribution in [0.2, 0.25) is 0 Å². The smallest absolute Gasteiger partial charge is 0.334 e. The maximum Gasteiger partial charge on any atom is 0.406 e. The van der Waals surface area contributed by atoms with Crippen molar-refractivity contribution in [3.8, 4) is 0 Å². The molecule has 2 nitrogen and oxygen atoms in total. The van der Waals surface area contributed by atoms with Gasteiger partial charge in [-0.3, -0.25) is 4.79 Å². The van der Waals surface area contributed by atoms with Gasteiger partial charge >= 0.3 is 6.18 Å². The number of hydrogen-bond acceptors (Lipinski definition) is 2. The van der Waals surface area contributed by atoms with Crippen molar-refractivity contribution >= 4 is 17.7 Å². The maximum absolute atomic E-state index is 12.2. The van der Waals surface area contributed by atoms with Crippen molar-refractivity contribution in [2.75, 3.05) is 18.8 Å². The van der Waals surface area contributed by atoms with Gasteiger partial charge in [0.25, 0.3) is 0 Å². The van der Waals surface area contributed by atoms with E-state index in [2.05, 4.69) is 0 Å². The van der Waals surface area contributed by atoms with Crippen LogP contribution in [0.3, 0.4) is 0 Å². The van der Waals surface area contributed by atoms with Crippen LogP contribution >= 0.6 is 11.8 Å². The number of thioether (sulfide) groups is 1. The van der Waals surface area contributed by atoms with E-state index in [1.807, 2.05) is 30.3 Å². The van der Waals surface area contributed by atoms with E-state index in [0.717, 1.165) is 9.80 Å². The van der Waals surface area contributed by atoms with Crippen LogP contribution in [0.1, 0.15) is 13.3 Å². The van der Waals surface area contributed by atoms with Crippen molar-refractivity contribution in [1.29, 1.82) is 0 Å². The van der Waals surface area contributed by atoms with E-state index in [0.29, 0.717) is 5.75 Å². The number of carbonyl (C=O) groups excluding carboxylic acids is 1. The highest BCUT2D eigenvalue weighted by atomic mass is 32.2. The normalized spacial score (nSPS) is 11.4. The lowest BCUT2D eigenvalue weighted by atomic mass is 10.3. The monoisotopic (exact) mass is 291 g/mol. The Labute approximate surface area is 115 Å². The molecule has 1 aromatic rings. The minimum Gasteiger partial charge on any atom is -0.334 e. The Balaban J connectivity index is 2.37. The Hall–Kier alpha value is -1.17. The number of nitrogens with zero attached hydrogens (tertiary/aromatic N) is 1. The van der Waals surface area contributed by atoms with Crippen molar-refractivity contribution in [3.05, 3.63) is 30.3 Å². The molecule has 1 amide bonds. The molecule has 1 aromatic carbocycles. The van der Waals surface area contributed by atoms with Crippen LogP contribution < -0.4 is 0 Å². The number of rotatable bonds is 6. The molecular weight excluding hydrogens is 275 g/mol. The highest BCUT2D eigenvalue weighted by molar-refractivity contribution is 7.99. The Morgan fingerprint density at radius 2 is 1.89 bits per heavy atom. The van der Waals surface area contributed by atoms with Gasteiger partial charge in [-0.1, -0.05) is 18.2 Å². The number of hydrogen-bond donors (Lipinski definition) is 0. The number of alkyl halides is 3. The van der Waals surface area contributed by atoms with Crippen LogP contribution in [0.5, 0.6) is 0 Å². The molecule has 0 aliphatic rings. The molecule has 0 fully saturated rings. The van der Waals surface area contributed by atoms with Crippen molar-refractivity contribution < 1.29 is 18.0 Å². The zero-order valence-corrected chi connectivity index (χ0v) is 11.4. The SMILES string of the molecule is CCN(CC(F)(F)F)C(=O)CCSc1ccccc1. The first-order valence-electron chi connectivity index (χ1n) is 5.94. The fourth-order valence-corrected chi connectivity index (χ4v) is 2.39. The van der Waals surface area contributed by atoms with Gasteiger partial charge in [-0.25, -0.2) is 0 Å². The van der Waals surface area contributed by atoms with Gasteiger partial charge in [0, 0.05) is 23.6 Å². The molecule has 1 rings (SSSR count). The fraction of sp³-hybridized carbons (Fsp3) is 0.462.